The van der Waals surface area contributed by atoms with Gasteiger partial charge in [0, 0.05) is 24.4 Å². The quantitative estimate of drug-likeness (QED) is 0.653. The molecule has 144 valence electrons. The highest BCUT2D eigenvalue weighted by Gasteiger charge is 2.13. The molecule has 2 amide bonds. The van der Waals surface area contributed by atoms with Crippen molar-refractivity contribution in [3.8, 4) is 5.75 Å². The van der Waals surface area contributed by atoms with Gasteiger partial charge in [-0.3, -0.25) is 14.6 Å². The summed E-state index contributed by atoms with van der Waals surface area (Å²) in [6, 6.07) is 12.2. The van der Waals surface area contributed by atoms with Crippen molar-refractivity contribution in [3.05, 3.63) is 71.2 Å². The third-order valence-corrected chi connectivity index (χ3v) is 3.98. The number of methoxy groups -OCH3 is 1. The molecule has 0 unspecified atom stereocenters. The molecule has 28 heavy (non-hydrogen) atoms. The normalized spacial score (nSPS) is 10.4. The maximum atomic E-state index is 12.4. The van der Waals surface area contributed by atoms with E-state index in [1.54, 1.807) is 26.2 Å². The molecule has 0 radical (unpaired) electrons. The molecule has 2 heterocycles. The Kier molecular flexibility index (Phi) is 6.01. The number of carbonyl (C=O) groups is 2. The second-order valence-electron chi connectivity index (χ2n) is 6.06. The number of anilines is 1. The zero-order valence-corrected chi connectivity index (χ0v) is 15.6. The van der Waals surface area contributed by atoms with Gasteiger partial charge in [-0.25, -0.2) is 0 Å². The smallest absolute Gasteiger partial charge is 0.275 e. The highest BCUT2D eigenvalue weighted by Crippen LogP contribution is 2.12. The maximum absolute atomic E-state index is 12.4. The van der Waals surface area contributed by atoms with Gasteiger partial charge in [0.25, 0.3) is 11.8 Å². The lowest BCUT2D eigenvalue weighted by atomic mass is 10.1. The van der Waals surface area contributed by atoms with Crippen LogP contribution < -0.4 is 15.4 Å². The van der Waals surface area contributed by atoms with Gasteiger partial charge in [0.15, 0.2) is 5.82 Å². The van der Waals surface area contributed by atoms with Gasteiger partial charge in [0.2, 0.25) is 0 Å². The SMILES string of the molecule is COc1ccc(CCNC(=O)c2ccnc(C(=O)Nc3cc(C)on3)c2)cc1. The van der Waals surface area contributed by atoms with Crippen LogP contribution in [0.4, 0.5) is 5.82 Å². The van der Waals surface area contributed by atoms with Crippen molar-refractivity contribution in [2.24, 2.45) is 0 Å². The van der Waals surface area contributed by atoms with Crippen molar-refractivity contribution < 1.29 is 18.8 Å². The molecular weight excluding hydrogens is 360 g/mol. The van der Waals surface area contributed by atoms with Gasteiger partial charge in [-0.05, 0) is 43.2 Å². The number of pyridine rings is 1. The Bertz CT molecular complexity index is 966. The number of rotatable bonds is 7. The molecule has 0 aliphatic carbocycles. The van der Waals surface area contributed by atoms with Crippen LogP contribution in [0.1, 0.15) is 32.2 Å². The second-order valence-corrected chi connectivity index (χ2v) is 6.06. The van der Waals surface area contributed by atoms with E-state index in [-0.39, 0.29) is 11.6 Å². The molecule has 0 spiro atoms. The molecule has 2 aromatic heterocycles. The number of aromatic nitrogens is 2. The zero-order chi connectivity index (χ0) is 19.9. The summed E-state index contributed by atoms with van der Waals surface area (Å²) < 4.78 is 10.0. The topological polar surface area (TPSA) is 106 Å². The molecule has 3 aromatic rings. The molecule has 0 aliphatic heterocycles. The van der Waals surface area contributed by atoms with Crippen LogP contribution in [0.2, 0.25) is 0 Å². The van der Waals surface area contributed by atoms with Gasteiger partial charge in [-0.2, -0.15) is 0 Å². The molecule has 0 saturated carbocycles. The Labute approximate surface area is 161 Å². The maximum Gasteiger partial charge on any atom is 0.275 e. The predicted octanol–water partition coefficient (Wildman–Crippen LogP) is 2.61. The van der Waals surface area contributed by atoms with Gasteiger partial charge in [-0.15, -0.1) is 0 Å². The van der Waals surface area contributed by atoms with E-state index in [0.29, 0.717) is 30.1 Å². The minimum Gasteiger partial charge on any atom is -0.497 e. The Morgan fingerprint density at radius 1 is 1.11 bits per heavy atom. The molecule has 0 bridgehead atoms. The predicted molar refractivity (Wildman–Crippen MR) is 102 cm³/mol. The molecule has 8 heteroatoms. The zero-order valence-electron chi connectivity index (χ0n) is 15.6. The van der Waals surface area contributed by atoms with E-state index in [4.69, 9.17) is 9.26 Å². The van der Waals surface area contributed by atoms with Gasteiger partial charge in [0.05, 0.1) is 7.11 Å². The lowest BCUT2D eigenvalue weighted by Crippen LogP contribution is -2.26. The average Bonchev–Trinajstić information content (AvgIpc) is 3.13. The van der Waals surface area contributed by atoms with E-state index < -0.39 is 5.91 Å². The van der Waals surface area contributed by atoms with Gasteiger partial charge in [0.1, 0.15) is 17.2 Å². The summed E-state index contributed by atoms with van der Waals surface area (Å²) in [6.07, 6.45) is 2.10. The summed E-state index contributed by atoms with van der Waals surface area (Å²) in [7, 11) is 1.62. The van der Waals surface area contributed by atoms with E-state index in [2.05, 4.69) is 20.8 Å². The van der Waals surface area contributed by atoms with Crippen LogP contribution in [0.3, 0.4) is 0 Å². The number of ether oxygens (including phenoxy) is 1. The number of hydrogen-bond donors (Lipinski definition) is 2. The number of carbonyl (C=O) groups excluding carboxylic acids is 2. The van der Waals surface area contributed by atoms with Gasteiger partial charge in [-0.1, -0.05) is 17.3 Å². The van der Waals surface area contributed by atoms with Crippen molar-refractivity contribution in [1.29, 1.82) is 0 Å². The fourth-order valence-electron chi connectivity index (χ4n) is 2.52. The summed E-state index contributed by atoms with van der Waals surface area (Å²) in [5.74, 6) is 0.909. The second kappa shape index (κ2) is 8.81. The van der Waals surface area contributed by atoms with Crippen LogP contribution >= 0.6 is 0 Å². The van der Waals surface area contributed by atoms with Gasteiger partial charge >= 0.3 is 0 Å². The number of nitrogens with one attached hydrogen (secondary N) is 2. The molecule has 8 nitrogen and oxygen atoms in total. The number of amides is 2. The molecule has 2 N–H and O–H groups in total. The fraction of sp³-hybridized carbons (Fsp3) is 0.200. The van der Waals surface area contributed by atoms with Crippen molar-refractivity contribution in [2.75, 3.05) is 19.0 Å². The number of benzene rings is 1. The Morgan fingerprint density at radius 2 is 1.89 bits per heavy atom. The standard InChI is InChI=1S/C20H20N4O4/c1-13-11-18(24-28-13)23-20(26)17-12-15(8-10-21-17)19(25)22-9-7-14-3-5-16(27-2)6-4-14/h3-6,8,10-12H,7,9H2,1-2H3,(H,22,25)(H,23,24,26). The van der Waals surface area contributed by atoms with Crippen LogP contribution in [-0.2, 0) is 6.42 Å². The van der Waals surface area contributed by atoms with Crippen molar-refractivity contribution >= 4 is 17.6 Å². The lowest BCUT2D eigenvalue weighted by Gasteiger charge is -2.07. The highest BCUT2D eigenvalue weighted by molar-refractivity contribution is 6.04. The monoisotopic (exact) mass is 380 g/mol. The summed E-state index contributed by atoms with van der Waals surface area (Å²) >= 11 is 0. The molecule has 0 saturated heterocycles. The molecule has 0 atom stereocenters. The van der Waals surface area contributed by atoms with Crippen LogP contribution in [0, 0.1) is 6.92 Å². The van der Waals surface area contributed by atoms with Crippen molar-refractivity contribution in [3.63, 3.8) is 0 Å². The van der Waals surface area contributed by atoms with Crippen LogP contribution in [0.15, 0.2) is 53.2 Å². The molecule has 0 aliphatic rings. The third-order valence-electron chi connectivity index (χ3n) is 3.98. The van der Waals surface area contributed by atoms with E-state index in [9.17, 15) is 9.59 Å². The average molecular weight is 380 g/mol. The number of hydrogen-bond acceptors (Lipinski definition) is 6. The third kappa shape index (κ3) is 4.94. The fourth-order valence-corrected chi connectivity index (χ4v) is 2.52. The first kappa shape index (κ1) is 19.1. The summed E-state index contributed by atoms with van der Waals surface area (Å²) in [5, 5.41) is 9.11. The Morgan fingerprint density at radius 3 is 2.57 bits per heavy atom. The summed E-state index contributed by atoms with van der Waals surface area (Å²) in [5.41, 5.74) is 1.55. The van der Waals surface area contributed by atoms with Crippen LogP contribution in [-0.4, -0.2) is 35.6 Å². The van der Waals surface area contributed by atoms with E-state index in [1.807, 2.05) is 24.3 Å². The first-order valence-corrected chi connectivity index (χ1v) is 8.67. The molecule has 3 rings (SSSR count). The Hall–Kier alpha value is -3.68. The van der Waals surface area contributed by atoms with E-state index in [1.165, 1.54) is 12.3 Å². The number of nitrogens with zero attached hydrogens (tertiary/aromatic N) is 2. The van der Waals surface area contributed by atoms with Crippen molar-refractivity contribution in [1.82, 2.24) is 15.5 Å². The largest absolute Gasteiger partial charge is 0.497 e. The summed E-state index contributed by atoms with van der Waals surface area (Å²) in [4.78, 5) is 28.6. The van der Waals surface area contributed by atoms with Crippen LogP contribution in [0.25, 0.3) is 0 Å². The summed E-state index contributed by atoms with van der Waals surface area (Å²) in [6.45, 7) is 2.19. The molecule has 0 fully saturated rings. The van der Waals surface area contributed by atoms with Crippen LogP contribution in [0.5, 0.6) is 5.75 Å². The molecule has 1 aromatic carbocycles. The first-order chi connectivity index (χ1) is 13.5. The van der Waals surface area contributed by atoms with E-state index in [0.717, 1.165) is 11.3 Å². The minimum atomic E-state index is -0.471. The Balaban J connectivity index is 1.56. The highest BCUT2D eigenvalue weighted by atomic mass is 16.5. The van der Waals surface area contributed by atoms with Gasteiger partial charge < -0.3 is 19.9 Å². The van der Waals surface area contributed by atoms with Crippen molar-refractivity contribution in [2.45, 2.75) is 13.3 Å². The van der Waals surface area contributed by atoms with E-state index >= 15 is 0 Å². The number of aryl methyl sites for hydroxylation is 1. The molecular formula is C20H20N4O4. The minimum absolute atomic E-state index is 0.114. The lowest BCUT2D eigenvalue weighted by molar-refractivity contribution is 0.0954. The first-order valence-electron chi connectivity index (χ1n) is 8.67.